The maximum atomic E-state index is 12.0. The van der Waals surface area contributed by atoms with Crippen LogP contribution < -0.4 is 0 Å². The second-order valence-corrected chi connectivity index (χ2v) is 4.82. The monoisotopic (exact) mass is 257 g/mol. The van der Waals surface area contributed by atoms with E-state index in [2.05, 4.69) is 0 Å². The Morgan fingerprint density at radius 3 is 2.71 bits per heavy atom. The Morgan fingerprint density at radius 2 is 2.24 bits per heavy atom. The number of halogens is 1. The standard InChI is InChI=1S/C11H12ClNO4/c1-11(10(15)16)4-5-13(6-11)9(14)7-2-3-8(12)17-7/h2-3H,4-6H2,1H3,(H,15,16)/t11-/m0/s1. The Hall–Kier alpha value is -1.49. The average molecular weight is 258 g/mol. The SMILES string of the molecule is C[C@]1(C(=O)O)CCN(C(=O)c2ccc(Cl)o2)C1. The number of carbonyl (C=O) groups excluding carboxylic acids is 1. The van der Waals surface area contributed by atoms with Crippen molar-refractivity contribution in [3.8, 4) is 0 Å². The summed E-state index contributed by atoms with van der Waals surface area (Å²) in [4.78, 5) is 24.5. The van der Waals surface area contributed by atoms with Gasteiger partial charge in [-0.05, 0) is 37.1 Å². The molecule has 0 bridgehead atoms. The van der Waals surface area contributed by atoms with Crippen LogP contribution in [0.15, 0.2) is 16.5 Å². The number of likely N-dealkylation sites (tertiary alicyclic amines) is 1. The van der Waals surface area contributed by atoms with E-state index in [9.17, 15) is 9.59 Å². The normalized spacial score (nSPS) is 24.0. The third-order valence-electron chi connectivity index (χ3n) is 3.06. The quantitative estimate of drug-likeness (QED) is 0.878. The third-order valence-corrected chi connectivity index (χ3v) is 3.26. The Kier molecular flexibility index (Phi) is 2.87. The molecule has 1 N–H and O–H groups in total. The molecule has 2 rings (SSSR count). The second-order valence-electron chi connectivity index (χ2n) is 4.45. The lowest BCUT2D eigenvalue weighted by Gasteiger charge is -2.19. The van der Waals surface area contributed by atoms with Crippen molar-refractivity contribution in [3.05, 3.63) is 23.1 Å². The number of carbonyl (C=O) groups is 2. The molecule has 1 amide bonds. The molecule has 1 aromatic heterocycles. The summed E-state index contributed by atoms with van der Waals surface area (Å²) in [7, 11) is 0. The number of nitrogens with zero attached hydrogens (tertiary/aromatic N) is 1. The van der Waals surface area contributed by atoms with Crippen molar-refractivity contribution in [2.45, 2.75) is 13.3 Å². The molecule has 1 aliphatic rings. The molecule has 0 unspecified atom stereocenters. The van der Waals surface area contributed by atoms with Crippen molar-refractivity contribution in [1.29, 1.82) is 0 Å². The van der Waals surface area contributed by atoms with E-state index in [-0.39, 0.29) is 23.4 Å². The summed E-state index contributed by atoms with van der Waals surface area (Å²) in [6.45, 7) is 2.25. The van der Waals surface area contributed by atoms with Crippen LogP contribution in [0.25, 0.3) is 0 Å². The van der Waals surface area contributed by atoms with Crippen molar-refractivity contribution in [2.24, 2.45) is 5.41 Å². The Bertz CT molecular complexity index is 470. The fourth-order valence-corrected chi connectivity index (χ4v) is 2.04. The first-order valence-corrected chi connectivity index (χ1v) is 5.58. The number of hydrogen-bond donors (Lipinski definition) is 1. The van der Waals surface area contributed by atoms with Gasteiger partial charge in [0.05, 0.1) is 5.41 Å². The van der Waals surface area contributed by atoms with Crippen LogP contribution in [0, 0.1) is 5.41 Å². The Balaban J connectivity index is 2.11. The van der Waals surface area contributed by atoms with Crippen LogP contribution in [-0.4, -0.2) is 35.0 Å². The molecule has 1 saturated heterocycles. The lowest BCUT2D eigenvalue weighted by Crippen LogP contribution is -2.34. The van der Waals surface area contributed by atoms with E-state index in [1.165, 1.54) is 17.0 Å². The molecule has 2 heterocycles. The third kappa shape index (κ3) is 2.15. The topological polar surface area (TPSA) is 70.8 Å². The minimum Gasteiger partial charge on any atom is -0.481 e. The second kappa shape index (κ2) is 4.07. The fraction of sp³-hybridized carbons (Fsp3) is 0.455. The molecule has 17 heavy (non-hydrogen) atoms. The van der Waals surface area contributed by atoms with E-state index >= 15 is 0 Å². The summed E-state index contributed by atoms with van der Waals surface area (Å²) >= 11 is 5.59. The number of aliphatic carboxylic acids is 1. The van der Waals surface area contributed by atoms with Crippen LogP contribution in [0.2, 0.25) is 5.22 Å². The fourth-order valence-electron chi connectivity index (χ4n) is 1.89. The minimum atomic E-state index is -0.884. The molecule has 5 nitrogen and oxygen atoms in total. The number of carboxylic acids is 1. The number of amides is 1. The van der Waals surface area contributed by atoms with Crippen LogP contribution in [-0.2, 0) is 4.79 Å². The largest absolute Gasteiger partial charge is 0.481 e. The predicted octanol–water partition coefficient (Wildman–Crippen LogP) is 1.87. The van der Waals surface area contributed by atoms with Gasteiger partial charge < -0.3 is 14.4 Å². The molecule has 0 radical (unpaired) electrons. The highest BCUT2D eigenvalue weighted by atomic mass is 35.5. The zero-order chi connectivity index (χ0) is 12.6. The van der Waals surface area contributed by atoms with Crippen molar-refractivity contribution >= 4 is 23.5 Å². The highest BCUT2D eigenvalue weighted by Gasteiger charge is 2.42. The maximum Gasteiger partial charge on any atom is 0.311 e. The van der Waals surface area contributed by atoms with E-state index < -0.39 is 11.4 Å². The molecule has 1 atom stereocenters. The zero-order valence-electron chi connectivity index (χ0n) is 9.27. The predicted molar refractivity (Wildman–Crippen MR) is 60.0 cm³/mol. The number of carboxylic acid groups (broad SMARTS) is 1. The molecule has 0 aliphatic carbocycles. The van der Waals surface area contributed by atoms with Crippen LogP contribution in [0.3, 0.4) is 0 Å². The van der Waals surface area contributed by atoms with Crippen LogP contribution in [0.1, 0.15) is 23.9 Å². The van der Waals surface area contributed by atoms with Gasteiger partial charge in [0.25, 0.3) is 5.91 Å². The van der Waals surface area contributed by atoms with E-state index in [1.54, 1.807) is 6.92 Å². The van der Waals surface area contributed by atoms with Gasteiger partial charge in [-0.1, -0.05) is 0 Å². The number of hydrogen-bond acceptors (Lipinski definition) is 3. The van der Waals surface area contributed by atoms with Gasteiger partial charge in [0.2, 0.25) is 0 Å². The Morgan fingerprint density at radius 1 is 1.53 bits per heavy atom. The molecule has 1 aromatic rings. The molecule has 0 saturated carbocycles. The van der Waals surface area contributed by atoms with Gasteiger partial charge in [-0.3, -0.25) is 9.59 Å². The summed E-state index contributed by atoms with van der Waals surface area (Å²) in [6.07, 6.45) is 0.447. The highest BCUT2D eigenvalue weighted by Crippen LogP contribution is 2.31. The van der Waals surface area contributed by atoms with E-state index in [0.717, 1.165) is 0 Å². The van der Waals surface area contributed by atoms with E-state index in [1.807, 2.05) is 0 Å². The summed E-state index contributed by atoms with van der Waals surface area (Å²) < 4.78 is 5.01. The van der Waals surface area contributed by atoms with Gasteiger partial charge >= 0.3 is 5.97 Å². The van der Waals surface area contributed by atoms with Gasteiger partial charge in [0, 0.05) is 13.1 Å². The van der Waals surface area contributed by atoms with Crippen LogP contribution in [0.5, 0.6) is 0 Å². The molecule has 1 fully saturated rings. The maximum absolute atomic E-state index is 12.0. The highest BCUT2D eigenvalue weighted by molar-refractivity contribution is 6.29. The zero-order valence-corrected chi connectivity index (χ0v) is 10.0. The van der Waals surface area contributed by atoms with Gasteiger partial charge in [0.1, 0.15) is 0 Å². The summed E-state index contributed by atoms with van der Waals surface area (Å²) in [5.41, 5.74) is -0.869. The minimum absolute atomic E-state index is 0.143. The molecule has 0 spiro atoms. The number of furan rings is 1. The molecule has 0 aromatic carbocycles. The molecule has 1 aliphatic heterocycles. The average Bonchev–Trinajstić information content (AvgIpc) is 2.85. The first-order valence-electron chi connectivity index (χ1n) is 5.20. The Labute approximate surface area is 103 Å². The van der Waals surface area contributed by atoms with Crippen LogP contribution in [0.4, 0.5) is 0 Å². The van der Waals surface area contributed by atoms with Crippen molar-refractivity contribution in [2.75, 3.05) is 13.1 Å². The van der Waals surface area contributed by atoms with E-state index in [0.29, 0.717) is 13.0 Å². The number of rotatable bonds is 2. The molecule has 6 heteroatoms. The molecule has 92 valence electrons. The smallest absolute Gasteiger partial charge is 0.311 e. The summed E-state index contributed by atoms with van der Waals surface area (Å²) in [5, 5.41) is 9.21. The summed E-state index contributed by atoms with van der Waals surface area (Å²) in [5.74, 6) is -1.06. The van der Waals surface area contributed by atoms with Gasteiger partial charge in [0.15, 0.2) is 11.0 Å². The van der Waals surface area contributed by atoms with Crippen molar-refractivity contribution in [1.82, 2.24) is 4.90 Å². The van der Waals surface area contributed by atoms with Crippen molar-refractivity contribution < 1.29 is 19.1 Å². The van der Waals surface area contributed by atoms with Crippen molar-refractivity contribution in [3.63, 3.8) is 0 Å². The lowest BCUT2D eigenvalue weighted by molar-refractivity contribution is -0.147. The summed E-state index contributed by atoms with van der Waals surface area (Å²) in [6, 6.07) is 2.97. The van der Waals surface area contributed by atoms with Gasteiger partial charge in [-0.2, -0.15) is 0 Å². The first-order chi connectivity index (χ1) is 7.92. The van der Waals surface area contributed by atoms with Gasteiger partial charge in [-0.15, -0.1) is 0 Å². The van der Waals surface area contributed by atoms with Gasteiger partial charge in [-0.25, -0.2) is 0 Å². The lowest BCUT2D eigenvalue weighted by atomic mass is 9.90. The van der Waals surface area contributed by atoms with E-state index in [4.69, 9.17) is 21.1 Å². The molecular formula is C11H12ClNO4. The molecular weight excluding hydrogens is 246 g/mol. The van der Waals surface area contributed by atoms with Crippen LogP contribution >= 0.6 is 11.6 Å². The first kappa shape index (κ1) is 12.0.